The van der Waals surface area contributed by atoms with E-state index in [4.69, 9.17) is 4.74 Å². The predicted molar refractivity (Wildman–Crippen MR) is 91.8 cm³/mol. The number of aromatic nitrogens is 3. The van der Waals surface area contributed by atoms with Crippen molar-refractivity contribution >= 4 is 17.8 Å². The summed E-state index contributed by atoms with van der Waals surface area (Å²) in [5.41, 5.74) is 0. The molecular weight excluding hydrogens is 280 g/mol. The second-order valence-electron chi connectivity index (χ2n) is 4.85. The van der Waals surface area contributed by atoms with Gasteiger partial charge in [-0.15, -0.1) is 0 Å². The molecule has 1 rings (SSSR count). The van der Waals surface area contributed by atoms with Gasteiger partial charge in [0.15, 0.2) is 0 Å². The zero-order chi connectivity index (χ0) is 16.5. The van der Waals surface area contributed by atoms with Crippen LogP contribution in [-0.2, 0) is 4.74 Å². The largest absolute Gasteiger partial charge is 0.364 e. The zero-order valence-corrected chi connectivity index (χ0v) is 14.8. The van der Waals surface area contributed by atoms with Crippen LogP contribution in [0, 0.1) is 0 Å². The molecule has 0 saturated carbocycles. The standard InChI is InChI=1S/C15H30N6O/c1-7-19(8-2)13-16-14(20(9-3)10-4)18-15(17-13)21(11-5)12-22-6/h7-12H2,1-6H3. The van der Waals surface area contributed by atoms with Crippen molar-refractivity contribution in [3.8, 4) is 0 Å². The van der Waals surface area contributed by atoms with E-state index in [9.17, 15) is 0 Å². The highest BCUT2D eigenvalue weighted by molar-refractivity contribution is 5.46. The Labute approximate surface area is 134 Å². The molecule has 0 aliphatic carbocycles. The highest BCUT2D eigenvalue weighted by Gasteiger charge is 2.17. The first-order chi connectivity index (χ1) is 10.6. The third kappa shape index (κ3) is 4.43. The summed E-state index contributed by atoms with van der Waals surface area (Å²) < 4.78 is 5.25. The molecule has 0 spiro atoms. The Morgan fingerprint density at radius 2 is 0.955 bits per heavy atom. The highest BCUT2D eigenvalue weighted by atomic mass is 16.5. The lowest BCUT2D eigenvalue weighted by atomic mass is 10.5. The van der Waals surface area contributed by atoms with Gasteiger partial charge in [0.2, 0.25) is 17.8 Å². The average molecular weight is 310 g/mol. The molecule has 0 amide bonds. The van der Waals surface area contributed by atoms with Crippen LogP contribution in [0.5, 0.6) is 0 Å². The molecule has 0 aliphatic heterocycles. The van der Waals surface area contributed by atoms with E-state index < -0.39 is 0 Å². The molecule has 0 aliphatic rings. The molecule has 7 heteroatoms. The summed E-state index contributed by atoms with van der Waals surface area (Å²) >= 11 is 0. The zero-order valence-electron chi connectivity index (χ0n) is 14.8. The first-order valence-electron chi connectivity index (χ1n) is 8.14. The maximum absolute atomic E-state index is 5.25. The van der Waals surface area contributed by atoms with Gasteiger partial charge in [0.1, 0.15) is 6.73 Å². The molecule has 0 N–H and O–H groups in total. The lowest BCUT2D eigenvalue weighted by molar-refractivity contribution is 0.197. The fourth-order valence-corrected chi connectivity index (χ4v) is 2.23. The second kappa shape index (κ2) is 9.40. The van der Waals surface area contributed by atoms with Crippen LogP contribution in [0.1, 0.15) is 34.6 Å². The van der Waals surface area contributed by atoms with Gasteiger partial charge in [0.05, 0.1) is 0 Å². The molecule has 0 fully saturated rings. The van der Waals surface area contributed by atoms with Crippen LogP contribution in [0.3, 0.4) is 0 Å². The maximum atomic E-state index is 5.25. The number of hydrogen-bond donors (Lipinski definition) is 0. The second-order valence-corrected chi connectivity index (χ2v) is 4.85. The first kappa shape index (κ1) is 18.4. The number of anilines is 3. The van der Waals surface area contributed by atoms with E-state index in [-0.39, 0.29) is 0 Å². The van der Waals surface area contributed by atoms with Crippen molar-refractivity contribution < 1.29 is 4.74 Å². The molecule has 126 valence electrons. The summed E-state index contributed by atoms with van der Waals surface area (Å²) in [6, 6.07) is 0. The summed E-state index contributed by atoms with van der Waals surface area (Å²) in [7, 11) is 1.68. The van der Waals surface area contributed by atoms with Crippen molar-refractivity contribution in [1.29, 1.82) is 0 Å². The van der Waals surface area contributed by atoms with Gasteiger partial charge in [-0.05, 0) is 34.6 Å². The molecule has 0 bridgehead atoms. The van der Waals surface area contributed by atoms with Crippen molar-refractivity contribution in [2.45, 2.75) is 34.6 Å². The summed E-state index contributed by atoms with van der Waals surface area (Å²) in [5, 5.41) is 0. The Kier molecular flexibility index (Phi) is 7.87. The van der Waals surface area contributed by atoms with Crippen LogP contribution in [0.25, 0.3) is 0 Å². The minimum absolute atomic E-state index is 0.468. The van der Waals surface area contributed by atoms with Crippen LogP contribution in [-0.4, -0.2) is 61.5 Å². The summed E-state index contributed by atoms with van der Waals surface area (Å²) in [6.07, 6.45) is 0. The van der Waals surface area contributed by atoms with Crippen molar-refractivity contribution in [3.05, 3.63) is 0 Å². The fourth-order valence-electron chi connectivity index (χ4n) is 2.23. The van der Waals surface area contributed by atoms with Gasteiger partial charge in [0, 0.05) is 39.8 Å². The number of hydrogen-bond acceptors (Lipinski definition) is 7. The Balaban J connectivity index is 3.30. The molecule has 1 heterocycles. The number of ether oxygens (including phenoxy) is 1. The van der Waals surface area contributed by atoms with Crippen LogP contribution in [0.15, 0.2) is 0 Å². The van der Waals surface area contributed by atoms with E-state index in [1.54, 1.807) is 7.11 Å². The van der Waals surface area contributed by atoms with E-state index in [1.807, 2.05) is 4.90 Å². The van der Waals surface area contributed by atoms with Crippen LogP contribution >= 0.6 is 0 Å². The lowest BCUT2D eigenvalue weighted by Crippen LogP contribution is -2.32. The van der Waals surface area contributed by atoms with Gasteiger partial charge in [-0.25, -0.2) is 0 Å². The van der Waals surface area contributed by atoms with Gasteiger partial charge < -0.3 is 19.4 Å². The Hall–Kier alpha value is -1.63. The molecule has 0 aromatic carbocycles. The molecule has 0 saturated heterocycles. The molecule has 22 heavy (non-hydrogen) atoms. The molecule has 1 aromatic rings. The highest BCUT2D eigenvalue weighted by Crippen LogP contribution is 2.19. The topological polar surface area (TPSA) is 57.6 Å². The average Bonchev–Trinajstić information content (AvgIpc) is 2.55. The molecule has 1 aromatic heterocycles. The third-order valence-corrected chi connectivity index (χ3v) is 3.64. The smallest absolute Gasteiger partial charge is 0.233 e. The number of rotatable bonds is 10. The van der Waals surface area contributed by atoms with Crippen LogP contribution in [0.2, 0.25) is 0 Å². The van der Waals surface area contributed by atoms with Crippen molar-refractivity contribution in [2.24, 2.45) is 0 Å². The molecule has 0 atom stereocenters. The molecule has 7 nitrogen and oxygen atoms in total. The summed E-state index contributed by atoms with van der Waals surface area (Å²) in [6.45, 7) is 15.2. The normalized spacial score (nSPS) is 10.6. The minimum Gasteiger partial charge on any atom is -0.364 e. The van der Waals surface area contributed by atoms with E-state index in [0.29, 0.717) is 12.7 Å². The van der Waals surface area contributed by atoms with Crippen LogP contribution < -0.4 is 14.7 Å². The Bertz CT molecular complexity index is 404. The quantitative estimate of drug-likeness (QED) is 0.613. The molecular formula is C15H30N6O. The SMILES string of the molecule is CCN(CC)c1nc(N(CC)CC)nc(N(CC)COC)n1. The van der Waals surface area contributed by atoms with Gasteiger partial charge in [-0.2, -0.15) is 15.0 Å². The van der Waals surface area contributed by atoms with Gasteiger partial charge >= 0.3 is 0 Å². The van der Waals surface area contributed by atoms with Gasteiger partial charge in [-0.3, -0.25) is 0 Å². The van der Waals surface area contributed by atoms with Crippen molar-refractivity contribution in [3.63, 3.8) is 0 Å². The Morgan fingerprint density at radius 1 is 0.636 bits per heavy atom. The first-order valence-corrected chi connectivity index (χ1v) is 8.14. The predicted octanol–water partition coefficient (Wildman–Crippen LogP) is 1.99. The van der Waals surface area contributed by atoms with E-state index in [1.165, 1.54) is 0 Å². The van der Waals surface area contributed by atoms with Gasteiger partial charge in [-0.1, -0.05) is 0 Å². The van der Waals surface area contributed by atoms with Crippen molar-refractivity contribution in [1.82, 2.24) is 15.0 Å². The fraction of sp³-hybridized carbons (Fsp3) is 0.800. The minimum atomic E-state index is 0.468. The molecule has 0 radical (unpaired) electrons. The Morgan fingerprint density at radius 3 is 1.23 bits per heavy atom. The van der Waals surface area contributed by atoms with Gasteiger partial charge in [0.25, 0.3) is 0 Å². The molecule has 0 unspecified atom stereocenters. The summed E-state index contributed by atoms with van der Waals surface area (Å²) in [4.78, 5) is 20.2. The maximum Gasteiger partial charge on any atom is 0.233 e. The van der Waals surface area contributed by atoms with E-state index in [2.05, 4.69) is 59.4 Å². The number of nitrogens with zero attached hydrogens (tertiary/aromatic N) is 6. The van der Waals surface area contributed by atoms with Crippen LogP contribution in [0.4, 0.5) is 17.8 Å². The lowest BCUT2D eigenvalue weighted by Gasteiger charge is -2.26. The summed E-state index contributed by atoms with van der Waals surface area (Å²) in [5.74, 6) is 2.13. The monoisotopic (exact) mass is 310 g/mol. The third-order valence-electron chi connectivity index (χ3n) is 3.64. The van der Waals surface area contributed by atoms with Crippen molar-refractivity contribution in [2.75, 3.05) is 61.3 Å². The number of methoxy groups -OCH3 is 1. The van der Waals surface area contributed by atoms with E-state index >= 15 is 0 Å². The van der Waals surface area contributed by atoms with E-state index in [0.717, 1.165) is 44.6 Å².